The van der Waals surface area contributed by atoms with Crippen molar-refractivity contribution < 1.29 is 19.6 Å². The standard InChI is InChI=1S/C19H16N2O5S/c22-17(18-5-2-10-27-18)12-26-16-8-6-14(7-9-16)20-19(23)13-3-1-4-15(11-13)21(24)25/h1-11,17,22H,12H2,(H,20,23). The SMILES string of the molecule is O=C(Nc1ccc(OCC(O)c2cccs2)cc1)c1cccc([N+](=O)[O-])c1. The molecule has 0 saturated heterocycles. The zero-order valence-electron chi connectivity index (χ0n) is 14.1. The van der Waals surface area contributed by atoms with Gasteiger partial charge in [-0.25, -0.2) is 0 Å². The van der Waals surface area contributed by atoms with Gasteiger partial charge >= 0.3 is 0 Å². The Morgan fingerprint density at radius 2 is 1.96 bits per heavy atom. The van der Waals surface area contributed by atoms with Crippen molar-refractivity contribution in [2.24, 2.45) is 0 Å². The lowest BCUT2D eigenvalue weighted by molar-refractivity contribution is -0.384. The van der Waals surface area contributed by atoms with Crippen LogP contribution in [0.15, 0.2) is 66.0 Å². The fourth-order valence-corrected chi connectivity index (χ4v) is 3.03. The number of amides is 1. The molecule has 1 atom stereocenters. The van der Waals surface area contributed by atoms with Gasteiger partial charge in [0.1, 0.15) is 18.5 Å². The average Bonchev–Trinajstić information content (AvgIpc) is 3.22. The second kappa shape index (κ2) is 8.43. The molecule has 1 amide bonds. The molecule has 0 spiro atoms. The van der Waals surface area contributed by atoms with Gasteiger partial charge in [0.15, 0.2) is 0 Å². The van der Waals surface area contributed by atoms with E-state index in [1.807, 2.05) is 17.5 Å². The monoisotopic (exact) mass is 384 g/mol. The van der Waals surface area contributed by atoms with Crippen LogP contribution < -0.4 is 10.1 Å². The zero-order valence-corrected chi connectivity index (χ0v) is 14.9. The number of thiophene rings is 1. The Labute approximate surface area is 159 Å². The highest BCUT2D eigenvalue weighted by Crippen LogP contribution is 2.22. The Balaban J connectivity index is 1.58. The number of hydrogen-bond donors (Lipinski definition) is 2. The van der Waals surface area contributed by atoms with Gasteiger partial charge in [0, 0.05) is 28.3 Å². The van der Waals surface area contributed by atoms with E-state index in [0.29, 0.717) is 11.4 Å². The van der Waals surface area contributed by atoms with Gasteiger partial charge in [-0.15, -0.1) is 11.3 Å². The molecule has 0 bridgehead atoms. The van der Waals surface area contributed by atoms with E-state index >= 15 is 0 Å². The number of hydrogen-bond acceptors (Lipinski definition) is 6. The largest absolute Gasteiger partial charge is 0.490 e. The van der Waals surface area contributed by atoms with Crippen LogP contribution in [0.25, 0.3) is 0 Å². The number of ether oxygens (including phenoxy) is 1. The zero-order chi connectivity index (χ0) is 19.2. The van der Waals surface area contributed by atoms with Crippen LogP contribution in [0.4, 0.5) is 11.4 Å². The topological polar surface area (TPSA) is 102 Å². The predicted molar refractivity (Wildman–Crippen MR) is 102 cm³/mol. The number of anilines is 1. The molecule has 0 aliphatic rings. The minimum atomic E-state index is -0.696. The smallest absolute Gasteiger partial charge is 0.270 e. The first-order valence-electron chi connectivity index (χ1n) is 8.03. The first kappa shape index (κ1) is 18.6. The van der Waals surface area contributed by atoms with Crippen molar-refractivity contribution in [1.29, 1.82) is 0 Å². The van der Waals surface area contributed by atoms with Gasteiger partial charge in [0.05, 0.1) is 4.92 Å². The fourth-order valence-electron chi connectivity index (χ4n) is 2.34. The predicted octanol–water partition coefficient (Wildman–Crippen LogP) is 4.02. The third-order valence-corrected chi connectivity index (χ3v) is 4.68. The quantitative estimate of drug-likeness (QED) is 0.473. The summed E-state index contributed by atoms with van der Waals surface area (Å²) in [6.45, 7) is 0.125. The van der Waals surface area contributed by atoms with E-state index in [0.717, 1.165) is 4.88 Å². The summed E-state index contributed by atoms with van der Waals surface area (Å²) >= 11 is 1.46. The Morgan fingerprint density at radius 3 is 2.63 bits per heavy atom. The molecule has 0 aliphatic heterocycles. The lowest BCUT2D eigenvalue weighted by Crippen LogP contribution is -2.12. The van der Waals surface area contributed by atoms with Gasteiger partial charge < -0.3 is 15.2 Å². The number of rotatable bonds is 7. The lowest BCUT2D eigenvalue weighted by atomic mass is 10.2. The first-order chi connectivity index (χ1) is 13.0. The Morgan fingerprint density at radius 1 is 1.19 bits per heavy atom. The van der Waals surface area contributed by atoms with Crippen LogP contribution in [0.3, 0.4) is 0 Å². The molecule has 0 saturated carbocycles. The summed E-state index contributed by atoms with van der Waals surface area (Å²) in [4.78, 5) is 23.3. The summed E-state index contributed by atoms with van der Waals surface area (Å²) < 4.78 is 5.55. The summed E-state index contributed by atoms with van der Waals surface area (Å²) in [6.07, 6.45) is -0.696. The minimum absolute atomic E-state index is 0.125. The van der Waals surface area contributed by atoms with Crippen LogP contribution >= 0.6 is 11.3 Å². The van der Waals surface area contributed by atoms with E-state index in [4.69, 9.17) is 4.74 Å². The third kappa shape index (κ3) is 4.90. The maximum atomic E-state index is 12.2. The molecule has 2 N–H and O–H groups in total. The Kier molecular flexibility index (Phi) is 5.80. The number of nitro benzene ring substituents is 1. The van der Waals surface area contributed by atoms with E-state index in [1.165, 1.54) is 35.6 Å². The van der Waals surface area contributed by atoms with E-state index in [-0.39, 0.29) is 17.9 Å². The Bertz CT molecular complexity index is 926. The van der Waals surface area contributed by atoms with Crippen LogP contribution in [0, 0.1) is 10.1 Å². The van der Waals surface area contributed by atoms with Gasteiger partial charge in [0.25, 0.3) is 11.6 Å². The van der Waals surface area contributed by atoms with Gasteiger partial charge in [-0.1, -0.05) is 12.1 Å². The molecule has 1 heterocycles. The molecule has 2 aromatic carbocycles. The average molecular weight is 384 g/mol. The number of nitrogens with one attached hydrogen (secondary N) is 1. The molecule has 3 aromatic rings. The number of benzene rings is 2. The van der Waals surface area contributed by atoms with Gasteiger partial charge in [-0.3, -0.25) is 14.9 Å². The number of nitrogens with zero attached hydrogens (tertiary/aromatic N) is 1. The highest BCUT2D eigenvalue weighted by atomic mass is 32.1. The molecule has 0 fully saturated rings. The van der Waals surface area contributed by atoms with Crippen LogP contribution in [-0.2, 0) is 0 Å². The molecular weight excluding hydrogens is 368 g/mol. The van der Waals surface area contributed by atoms with E-state index < -0.39 is 16.9 Å². The summed E-state index contributed by atoms with van der Waals surface area (Å²) in [7, 11) is 0. The number of carbonyl (C=O) groups is 1. The van der Waals surface area contributed by atoms with Gasteiger partial charge in [-0.2, -0.15) is 0 Å². The van der Waals surface area contributed by atoms with Gasteiger partial charge in [0.2, 0.25) is 0 Å². The maximum absolute atomic E-state index is 12.2. The molecule has 0 radical (unpaired) electrons. The van der Waals surface area contributed by atoms with E-state index in [2.05, 4.69) is 5.32 Å². The second-order valence-corrected chi connectivity index (χ2v) is 6.61. The number of carbonyl (C=O) groups excluding carboxylic acids is 1. The maximum Gasteiger partial charge on any atom is 0.270 e. The molecule has 0 aliphatic carbocycles. The summed E-state index contributed by atoms with van der Waals surface area (Å²) in [6, 6.07) is 15.9. The molecule has 8 heteroatoms. The molecular formula is C19H16N2O5S. The molecule has 3 rings (SSSR count). The molecule has 1 aromatic heterocycles. The van der Waals surface area contributed by atoms with Gasteiger partial charge in [-0.05, 0) is 41.8 Å². The number of non-ortho nitro benzene ring substituents is 1. The summed E-state index contributed by atoms with van der Waals surface area (Å²) in [5.41, 5.74) is 0.581. The van der Waals surface area contributed by atoms with E-state index in [1.54, 1.807) is 24.3 Å². The van der Waals surface area contributed by atoms with Crippen molar-refractivity contribution in [2.75, 3.05) is 11.9 Å². The van der Waals surface area contributed by atoms with Crippen molar-refractivity contribution >= 4 is 28.6 Å². The van der Waals surface area contributed by atoms with Crippen molar-refractivity contribution in [3.8, 4) is 5.75 Å². The normalized spacial score (nSPS) is 11.6. The van der Waals surface area contributed by atoms with Crippen molar-refractivity contribution in [1.82, 2.24) is 0 Å². The third-order valence-electron chi connectivity index (χ3n) is 3.71. The second-order valence-electron chi connectivity index (χ2n) is 5.63. The van der Waals surface area contributed by atoms with E-state index in [9.17, 15) is 20.0 Å². The van der Waals surface area contributed by atoms with Crippen molar-refractivity contribution in [3.63, 3.8) is 0 Å². The molecule has 7 nitrogen and oxygen atoms in total. The number of nitro groups is 1. The number of aliphatic hydroxyl groups is 1. The van der Waals surface area contributed by atoms with Crippen LogP contribution in [0.5, 0.6) is 5.75 Å². The van der Waals surface area contributed by atoms with Crippen molar-refractivity contribution in [3.05, 3.63) is 86.6 Å². The molecule has 27 heavy (non-hydrogen) atoms. The molecule has 138 valence electrons. The summed E-state index contributed by atoms with van der Waals surface area (Å²) in [5.74, 6) is 0.111. The van der Waals surface area contributed by atoms with Crippen molar-refractivity contribution in [2.45, 2.75) is 6.10 Å². The minimum Gasteiger partial charge on any atom is -0.490 e. The van der Waals surface area contributed by atoms with Crippen LogP contribution in [0.2, 0.25) is 0 Å². The fraction of sp³-hybridized carbons (Fsp3) is 0.105. The highest BCUT2D eigenvalue weighted by Gasteiger charge is 2.12. The van der Waals surface area contributed by atoms with Crippen LogP contribution in [-0.4, -0.2) is 22.5 Å². The first-order valence-corrected chi connectivity index (χ1v) is 8.91. The van der Waals surface area contributed by atoms with Crippen LogP contribution in [0.1, 0.15) is 21.3 Å². The molecule has 1 unspecified atom stereocenters. The number of aliphatic hydroxyl groups excluding tert-OH is 1. The highest BCUT2D eigenvalue weighted by molar-refractivity contribution is 7.10. The Hall–Kier alpha value is -3.23. The summed E-state index contributed by atoms with van der Waals surface area (Å²) in [5, 5.41) is 25.4. The lowest BCUT2D eigenvalue weighted by Gasteiger charge is -2.11.